The third-order valence-electron chi connectivity index (χ3n) is 8.61. The van der Waals surface area contributed by atoms with Crippen LogP contribution in [0.15, 0.2) is 59.6 Å². The smallest absolute Gasteiger partial charge is 0.243 e. The van der Waals surface area contributed by atoms with Gasteiger partial charge in [0.2, 0.25) is 10.0 Å². The highest BCUT2D eigenvalue weighted by Gasteiger charge is 2.29. The standard InChI is InChI=1S/C31H43N7O3S/c1-23(41-27-5-3-6-28(20-27)42(39,40)38-17-11-26(32)12-18-38)21-36-15-9-24(10-16-36)25-7-8-29-30(19-25)35(2)34-31(29)37-14-4-13-33-22-37/h3-8,14,19-20,23-24,26,33H,9-13,15-18,21-22,32H2,1-2H3/i13D,22D/t13?,22-,23?/m1/s1. The molecule has 0 aliphatic carbocycles. The molecule has 2 unspecified atom stereocenters. The molecule has 2 aromatic carbocycles. The predicted octanol–water partition coefficient (Wildman–Crippen LogP) is 3.21. The van der Waals surface area contributed by atoms with Gasteiger partial charge < -0.3 is 15.4 Å². The van der Waals surface area contributed by atoms with Crippen LogP contribution in [0.25, 0.3) is 10.9 Å². The first-order chi connectivity index (χ1) is 21.1. The van der Waals surface area contributed by atoms with Gasteiger partial charge in [-0.15, -0.1) is 0 Å². The van der Waals surface area contributed by atoms with Crippen LogP contribution >= 0.6 is 0 Å². The molecule has 10 nitrogen and oxygen atoms in total. The Balaban J connectivity index is 1.04. The highest BCUT2D eigenvalue weighted by molar-refractivity contribution is 7.89. The summed E-state index contributed by atoms with van der Waals surface area (Å²) in [6.45, 7) is 4.27. The van der Waals surface area contributed by atoms with E-state index in [1.807, 2.05) is 24.7 Å². The van der Waals surface area contributed by atoms with Crippen LogP contribution < -0.4 is 20.7 Å². The number of aromatic nitrogens is 2. The van der Waals surface area contributed by atoms with Crippen LogP contribution in [0.4, 0.5) is 5.82 Å². The monoisotopic (exact) mass is 595 g/mol. The zero-order valence-corrected chi connectivity index (χ0v) is 25.2. The largest absolute Gasteiger partial charge is 0.489 e. The number of aryl methyl sites for hydroxylation is 1. The maximum absolute atomic E-state index is 13.2. The summed E-state index contributed by atoms with van der Waals surface area (Å²) in [6.07, 6.45) is 6.83. The zero-order chi connectivity index (χ0) is 31.0. The second-order valence-corrected chi connectivity index (χ2v) is 13.6. The van der Waals surface area contributed by atoms with Crippen LogP contribution in [-0.4, -0.2) is 85.4 Å². The van der Waals surface area contributed by atoms with Gasteiger partial charge >= 0.3 is 0 Å². The molecule has 0 spiro atoms. The summed E-state index contributed by atoms with van der Waals surface area (Å²) >= 11 is 0. The van der Waals surface area contributed by atoms with Crippen molar-refractivity contribution in [1.29, 1.82) is 0 Å². The van der Waals surface area contributed by atoms with Crippen molar-refractivity contribution in [2.75, 3.05) is 50.8 Å². The first-order valence-electron chi connectivity index (χ1n) is 16.0. The minimum absolute atomic E-state index is 0.0666. The van der Waals surface area contributed by atoms with Crippen molar-refractivity contribution in [3.63, 3.8) is 0 Å². The molecule has 0 bridgehead atoms. The second-order valence-electron chi connectivity index (χ2n) is 11.7. The highest BCUT2D eigenvalue weighted by atomic mass is 32.2. The topological polar surface area (TPSA) is 109 Å². The van der Waals surface area contributed by atoms with Crippen molar-refractivity contribution < 1.29 is 15.9 Å². The fourth-order valence-electron chi connectivity index (χ4n) is 6.24. The lowest BCUT2D eigenvalue weighted by molar-refractivity contribution is 0.124. The van der Waals surface area contributed by atoms with Crippen LogP contribution in [0.5, 0.6) is 5.75 Å². The van der Waals surface area contributed by atoms with Crippen molar-refractivity contribution in [2.45, 2.75) is 55.6 Å². The van der Waals surface area contributed by atoms with Crippen molar-refractivity contribution in [3.05, 3.63) is 60.3 Å². The average molecular weight is 596 g/mol. The molecule has 2 saturated heterocycles. The van der Waals surface area contributed by atoms with Gasteiger partial charge in [0, 0.05) is 58.3 Å². The number of sulfonamides is 1. The van der Waals surface area contributed by atoms with E-state index in [9.17, 15) is 8.42 Å². The Bertz CT molecular complexity index is 1600. The summed E-state index contributed by atoms with van der Waals surface area (Å²) in [5.74, 6) is 1.73. The molecular weight excluding hydrogens is 550 g/mol. The van der Waals surface area contributed by atoms with Crippen molar-refractivity contribution in [3.8, 4) is 5.75 Å². The quantitative estimate of drug-likeness (QED) is 0.409. The summed E-state index contributed by atoms with van der Waals surface area (Å²) < 4.78 is 52.1. The molecule has 42 heavy (non-hydrogen) atoms. The molecule has 3 aliphatic heterocycles. The lowest BCUT2D eigenvalue weighted by Crippen LogP contribution is -2.42. The first-order valence-corrected chi connectivity index (χ1v) is 16.3. The maximum Gasteiger partial charge on any atom is 0.243 e. The molecule has 3 atom stereocenters. The fourth-order valence-corrected chi connectivity index (χ4v) is 7.75. The van der Waals surface area contributed by atoms with E-state index in [0.717, 1.165) is 43.4 Å². The van der Waals surface area contributed by atoms with E-state index in [4.69, 9.17) is 18.3 Å². The minimum Gasteiger partial charge on any atom is -0.489 e. The third kappa shape index (κ3) is 6.21. The number of anilines is 1. The van der Waals surface area contributed by atoms with Gasteiger partial charge in [-0.1, -0.05) is 18.2 Å². The minimum atomic E-state index is -3.57. The Morgan fingerprint density at radius 2 is 1.90 bits per heavy atom. The number of ether oxygens (including phenoxy) is 1. The maximum atomic E-state index is 13.2. The number of nitrogens with two attached hydrogens (primary N) is 1. The lowest BCUT2D eigenvalue weighted by atomic mass is 9.89. The zero-order valence-electron chi connectivity index (χ0n) is 26.4. The number of hydrogen-bond donors (Lipinski definition) is 2. The number of likely N-dealkylation sites (tertiary alicyclic amines) is 1. The third-order valence-corrected chi connectivity index (χ3v) is 10.5. The number of fused-ring (bicyclic) bond motifs is 1. The Labute approximate surface area is 251 Å². The van der Waals surface area contributed by atoms with Gasteiger partial charge in [-0.25, -0.2) is 8.42 Å². The molecule has 0 amide bonds. The second kappa shape index (κ2) is 12.3. The van der Waals surface area contributed by atoms with Gasteiger partial charge in [0.25, 0.3) is 0 Å². The Kier molecular flexibility index (Phi) is 7.83. The van der Waals surface area contributed by atoms with Gasteiger partial charge in [0.15, 0.2) is 5.82 Å². The van der Waals surface area contributed by atoms with Crippen LogP contribution in [0.1, 0.15) is 46.8 Å². The molecule has 11 heteroatoms. The van der Waals surface area contributed by atoms with Crippen LogP contribution in [0.2, 0.25) is 0 Å². The molecule has 0 radical (unpaired) electrons. The summed E-state index contributed by atoms with van der Waals surface area (Å²) in [7, 11) is -1.64. The van der Waals surface area contributed by atoms with Crippen molar-refractivity contribution in [1.82, 2.24) is 24.3 Å². The van der Waals surface area contributed by atoms with E-state index < -0.39 is 23.2 Å². The van der Waals surface area contributed by atoms with E-state index in [0.29, 0.717) is 43.4 Å². The average Bonchev–Trinajstić information content (AvgIpc) is 3.33. The number of benzene rings is 2. The van der Waals surface area contributed by atoms with Crippen LogP contribution in [0, 0.1) is 0 Å². The molecule has 226 valence electrons. The predicted molar refractivity (Wildman–Crippen MR) is 166 cm³/mol. The normalized spacial score (nSPS) is 25.0. The SMILES string of the molecule is [2H]C1C=CN(c2nn(C)c3cc(C4CCN(CC(C)Oc5cccc(S(=O)(=O)N6CCC(N)CC6)c5)CC4)ccc23)[C@H]([2H])N1. The molecule has 2 fully saturated rings. The van der Waals surface area contributed by atoms with Crippen LogP contribution in [-0.2, 0) is 17.1 Å². The summed E-state index contributed by atoms with van der Waals surface area (Å²) in [6, 6.07) is 13.4. The van der Waals surface area contributed by atoms with Gasteiger partial charge in [-0.2, -0.15) is 9.40 Å². The van der Waals surface area contributed by atoms with Crippen molar-refractivity contribution >= 4 is 26.7 Å². The highest BCUT2D eigenvalue weighted by Crippen LogP contribution is 2.33. The Morgan fingerprint density at radius 1 is 1.12 bits per heavy atom. The lowest BCUT2D eigenvalue weighted by Gasteiger charge is -2.34. The van der Waals surface area contributed by atoms with E-state index in [2.05, 4.69) is 28.4 Å². The van der Waals surface area contributed by atoms with E-state index >= 15 is 0 Å². The Morgan fingerprint density at radius 3 is 2.67 bits per heavy atom. The summed E-state index contributed by atoms with van der Waals surface area (Å²) in [5.41, 5.74) is 8.29. The summed E-state index contributed by atoms with van der Waals surface area (Å²) in [5, 5.41) is 8.59. The van der Waals surface area contributed by atoms with E-state index in [1.165, 1.54) is 9.87 Å². The number of rotatable bonds is 8. The van der Waals surface area contributed by atoms with Gasteiger partial charge in [0.1, 0.15) is 11.9 Å². The summed E-state index contributed by atoms with van der Waals surface area (Å²) in [4.78, 5) is 4.44. The Hall–Kier alpha value is -2.96. The molecule has 3 aromatic rings. The number of piperidine rings is 2. The van der Waals surface area contributed by atoms with Gasteiger partial charge in [-0.05, 0) is 81.4 Å². The van der Waals surface area contributed by atoms with Gasteiger partial charge in [0.05, 0.1) is 18.4 Å². The van der Waals surface area contributed by atoms with Crippen LogP contribution in [0.3, 0.4) is 0 Å². The van der Waals surface area contributed by atoms with E-state index in [1.54, 1.807) is 35.4 Å². The molecule has 0 saturated carbocycles. The number of nitrogens with zero attached hydrogens (tertiary/aromatic N) is 5. The molecule has 1 aromatic heterocycles. The van der Waals surface area contributed by atoms with Crippen molar-refractivity contribution in [2.24, 2.45) is 12.8 Å². The van der Waals surface area contributed by atoms with E-state index in [-0.39, 0.29) is 17.0 Å². The molecule has 6 rings (SSSR count). The first kappa shape index (κ1) is 26.7. The molecule has 3 N–H and O–H groups in total. The van der Waals surface area contributed by atoms with Gasteiger partial charge in [-0.3, -0.25) is 14.9 Å². The number of hydrogen-bond acceptors (Lipinski definition) is 8. The fraction of sp³-hybridized carbons (Fsp3) is 0.516. The molecule has 3 aliphatic rings. The number of nitrogens with one attached hydrogen (secondary N) is 1. The molecular formula is C31H43N7O3S. The molecule has 4 heterocycles.